The lowest BCUT2D eigenvalue weighted by Crippen LogP contribution is -2.56. The third kappa shape index (κ3) is 2.81. The number of rotatable bonds is 3. The molecule has 7 heteroatoms. The highest BCUT2D eigenvalue weighted by Gasteiger charge is 2.39. The van der Waals surface area contributed by atoms with Crippen molar-refractivity contribution in [2.45, 2.75) is 31.2 Å². The number of carbonyl (C=O) groups excluding carboxylic acids is 1. The molecule has 0 radical (unpaired) electrons. The van der Waals surface area contributed by atoms with E-state index in [2.05, 4.69) is 15.8 Å². The highest BCUT2D eigenvalue weighted by atomic mass is 19.1. The maximum Gasteiger partial charge on any atom is 0.320 e. The summed E-state index contributed by atoms with van der Waals surface area (Å²) in [6, 6.07) is 5.29. The number of nitrogens with one attached hydrogen (secondary N) is 2. The molecule has 0 unspecified atom stereocenters. The molecule has 1 aromatic rings. The van der Waals surface area contributed by atoms with Gasteiger partial charge in [-0.05, 0) is 25.0 Å². The summed E-state index contributed by atoms with van der Waals surface area (Å²) in [5.41, 5.74) is 4.89. The number of halogens is 1. The molecule has 1 saturated carbocycles. The van der Waals surface area contributed by atoms with Crippen LogP contribution >= 0.6 is 0 Å². The fraction of sp³-hybridized carbons (Fsp3) is 0.385. The summed E-state index contributed by atoms with van der Waals surface area (Å²) < 4.78 is 13.5. The molecule has 0 spiro atoms. The molecule has 0 bridgehead atoms. The van der Waals surface area contributed by atoms with Crippen LogP contribution in [0.5, 0.6) is 0 Å². The molecule has 0 saturated heterocycles. The molecule has 0 aliphatic heterocycles. The molecule has 6 nitrogen and oxygen atoms in total. The predicted octanol–water partition coefficient (Wildman–Crippen LogP) is 2.01. The summed E-state index contributed by atoms with van der Waals surface area (Å²) in [5, 5.41) is 16.9. The number of oxime groups is 1. The molecular formula is C13H17FN4O2. The van der Waals surface area contributed by atoms with Gasteiger partial charge in [0.25, 0.3) is 0 Å². The number of hydrogen-bond acceptors (Lipinski definition) is 3. The SMILES string of the molecule is N/C(=N/O)C1(NC(=O)Nc2ccccc2F)CCCC1. The van der Waals surface area contributed by atoms with Crippen molar-refractivity contribution in [1.29, 1.82) is 0 Å². The van der Waals surface area contributed by atoms with Gasteiger partial charge >= 0.3 is 6.03 Å². The van der Waals surface area contributed by atoms with E-state index in [9.17, 15) is 9.18 Å². The lowest BCUT2D eigenvalue weighted by atomic mass is 9.96. The lowest BCUT2D eigenvalue weighted by Gasteiger charge is -2.28. The minimum Gasteiger partial charge on any atom is -0.409 e. The van der Waals surface area contributed by atoms with Crippen molar-refractivity contribution in [2.75, 3.05) is 5.32 Å². The van der Waals surface area contributed by atoms with Gasteiger partial charge in [0.05, 0.1) is 5.69 Å². The van der Waals surface area contributed by atoms with Gasteiger partial charge in [-0.25, -0.2) is 9.18 Å². The van der Waals surface area contributed by atoms with Crippen LogP contribution in [0.4, 0.5) is 14.9 Å². The van der Waals surface area contributed by atoms with Gasteiger partial charge in [-0.3, -0.25) is 0 Å². The van der Waals surface area contributed by atoms with Crippen LogP contribution in [0.15, 0.2) is 29.4 Å². The van der Waals surface area contributed by atoms with Gasteiger partial charge in [-0.2, -0.15) is 0 Å². The number of anilines is 1. The first kappa shape index (κ1) is 14.1. The molecule has 20 heavy (non-hydrogen) atoms. The third-order valence-electron chi connectivity index (χ3n) is 3.53. The Hall–Kier alpha value is -2.31. The van der Waals surface area contributed by atoms with Crippen molar-refractivity contribution < 1.29 is 14.4 Å². The van der Waals surface area contributed by atoms with E-state index >= 15 is 0 Å². The van der Waals surface area contributed by atoms with Gasteiger partial charge in [0.2, 0.25) is 0 Å². The topological polar surface area (TPSA) is 99.7 Å². The van der Waals surface area contributed by atoms with E-state index in [0.29, 0.717) is 12.8 Å². The number of nitrogens with two attached hydrogens (primary N) is 1. The second kappa shape index (κ2) is 5.77. The second-order valence-electron chi connectivity index (χ2n) is 4.83. The zero-order valence-electron chi connectivity index (χ0n) is 10.9. The van der Waals surface area contributed by atoms with E-state index in [1.165, 1.54) is 18.2 Å². The van der Waals surface area contributed by atoms with Gasteiger partial charge in [0, 0.05) is 0 Å². The van der Waals surface area contributed by atoms with Crippen molar-refractivity contribution in [3.8, 4) is 0 Å². The summed E-state index contributed by atoms with van der Waals surface area (Å²) in [7, 11) is 0. The molecule has 0 atom stereocenters. The third-order valence-corrected chi connectivity index (χ3v) is 3.53. The molecular weight excluding hydrogens is 263 g/mol. The molecule has 5 N–H and O–H groups in total. The predicted molar refractivity (Wildman–Crippen MR) is 73.2 cm³/mol. The summed E-state index contributed by atoms with van der Waals surface area (Å²) in [6.07, 6.45) is 2.92. The Bertz CT molecular complexity index is 527. The van der Waals surface area contributed by atoms with Crippen LogP contribution in [0.3, 0.4) is 0 Å². The molecule has 1 aliphatic carbocycles. The van der Waals surface area contributed by atoms with Crippen LogP contribution in [-0.2, 0) is 0 Å². The first-order valence-electron chi connectivity index (χ1n) is 6.39. The smallest absolute Gasteiger partial charge is 0.320 e. The van der Waals surface area contributed by atoms with E-state index in [1.54, 1.807) is 6.07 Å². The summed E-state index contributed by atoms with van der Waals surface area (Å²) in [5.74, 6) is -0.550. The van der Waals surface area contributed by atoms with Crippen molar-refractivity contribution in [2.24, 2.45) is 10.9 Å². The number of para-hydroxylation sites is 1. The van der Waals surface area contributed by atoms with E-state index in [0.717, 1.165) is 12.8 Å². The number of benzene rings is 1. The first-order chi connectivity index (χ1) is 9.57. The first-order valence-corrected chi connectivity index (χ1v) is 6.39. The summed E-state index contributed by atoms with van der Waals surface area (Å²) in [4.78, 5) is 12.0. The highest BCUT2D eigenvalue weighted by Crippen LogP contribution is 2.30. The number of nitrogens with zero attached hydrogens (tertiary/aromatic N) is 1. The van der Waals surface area contributed by atoms with Crippen LogP contribution in [0.2, 0.25) is 0 Å². The van der Waals surface area contributed by atoms with Gasteiger partial charge in [0.15, 0.2) is 5.84 Å². The largest absolute Gasteiger partial charge is 0.409 e. The standard InChI is InChI=1S/C13H17FN4O2/c14-9-5-1-2-6-10(9)16-12(19)17-13(11(15)18-20)7-3-4-8-13/h1-2,5-6,20H,3-4,7-8H2,(H2,15,18)(H2,16,17,19). The van der Waals surface area contributed by atoms with Crippen molar-refractivity contribution in [3.05, 3.63) is 30.1 Å². The Labute approximate surface area is 115 Å². The van der Waals surface area contributed by atoms with Crippen LogP contribution < -0.4 is 16.4 Å². The zero-order valence-corrected chi connectivity index (χ0v) is 10.9. The van der Waals surface area contributed by atoms with Crippen molar-refractivity contribution >= 4 is 17.6 Å². The zero-order chi connectivity index (χ0) is 14.6. The van der Waals surface area contributed by atoms with Gasteiger partial charge in [-0.15, -0.1) is 0 Å². The Morgan fingerprint density at radius 3 is 2.60 bits per heavy atom. The molecule has 0 heterocycles. The summed E-state index contributed by atoms with van der Waals surface area (Å²) in [6.45, 7) is 0. The van der Waals surface area contributed by atoms with Crippen LogP contribution in [0.25, 0.3) is 0 Å². The Balaban J connectivity index is 2.08. The molecule has 2 amide bonds. The monoisotopic (exact) mass is 280 g/mol. The minimum atomic E-state index is -0.857. The van der Waals surface area contributed by atoms with Gasteiger partial charge in [-0.1, -0.05) is 30.1 Å². The number of carbonyl (C=O) groups is 1. The van der Waals surface area contributed by atoms with Crippen LogP contribution in [0.1, 0.15) is 25.7 Å². The van der Waals surface area contributed by atoms with Gasteiger partial charge < -0.3 is 21.6 Å². The van der Waals surface area contributed by atoms with E-state index in [4.69, 9.17) is 10.9 Å². The Morgan fingerprint density at radius 2 is 2.00 bits per heavy atom. The lowest BCUT2D eigenvalue weighted by molar-refractivity contribution is 0.243. The number of hydrogen-bond donors (Lipinski definition) is 4. The van der Waals surface area contributed by atoms with E-state index < -0.39 is 17.4 Å². The van der Waals surface area contributed by atoms with Crippen LogP contribution in [0, 0.1) is 5.82 Å². The Morgan fingerprint density at radius 1 is 1.35 bits per heavy atom. The van der Waals surface area contributed by atoms with Gasteiger partial charge in [0.1, 0.15) is 11.4 Å². The number of amidine groups is 1. The van der Waals surface area contributed by atoms with E-state index in [1.807, 2.05) is 0 Å². The fourth-order valence-corrected chi connectivity index (χ4v) is 2.45. The molecule has 1 aliphatic rings. The maximum absolute atomic E-state index is 13.5. The molecule has 1 fully saturated rings. The molecule has 2 rings (SSSR count). The average Bonchev–Trinajstić information content (AvgIpc) is 2.90. The fourth-order valence-electron chi connectivity index (χ4n) is 2.45. The maximum atomic E-state index is 13.5. The minimum absolute atomic E-state index is 0.0290. The highest BCUT2D eigenvalue weighted by molar-refractivity contribution is 5.97. The average molecular weight is 280 g/mol. The molecule has 108 valence electrons. The summed E-state index contributed by atoms with van der Waals surface area (Å²) >= 11 is 0. The molecule has 0 aromatic heterocycles. The normalized spacial score (nSPS) is 17.8. The quantitative estimate of drug-likeness (QED) is 0.295. The number of amides is 2. The molecule has 1 aromatic carbocycles. The Kier molecular flexibility index (Phi) is 4.07. The number of urea groups is 1. The van der Waals surface area contributed by atoms with E-state index in [-0.39, 0.29) is 11.5 Å². The van der Waals surface area contributed by atoms with Crippen molar-refractivity contribution in [1.82, 2.24) is 5.32 Å². The van der Waals surface area contributed by atoms with Crippen LogP contribution in [-0.4, -0.2) is 22.6 Å². The van der Waals surface area contributed by atoms with Crippen molar-refractivity contribution in [3.63, 3.8) is 0 Å². The second-order valence-corrected chi connectivity index (χ2v) is 4.83.